The van der Waals surface area contributed by atoms with Gasteiger partial charge < -0.3 is 29.0 Å². The molecular weight excluding hydrogens is 496 g/mol. The van der Waals surface area contributed by atoms with Crippen molar-refractivity contribution in [3.63, 3.8) is 0 Å². The Morgan fingerprint density at radius 2 is 1.77 bits per heavy atom. The number of carbonyl (C=O) groups is 2. The molecular formula is C30H38N4O5. The average Bonchev–Trinajstić information content (AvgIpc) is 3.37. The molecule has 0 bridgehead atoms. The number of aryl methyl sites for hydroxylation is 1. The van der Waals surface area contributed by atoms with Crippen molar-refractivity contribution in [2.75, 3.05) is 58.4 Å². The van der Waals surface area contributed by atoms with Crippen molar-refractivity contribution in [1.82, 2.24) is 14.7 Å². The Morgan fingerprint density at radius 3 is 2.49 bits per heavy atom. The van der Waals surface area contributed by atoms with Gasteiger partial charge in [-0.1, -0.05) is 36.4 Å². The van der Waals surface area contributed by atoms with Crippen molar-refractivity contribution in [3.05, 3.63) is 83.8 Å². The summed E-state index contributed by atoms with van der Waals surface area (Å²) in [6.45, 7) is 7.04. The number of urea groups is 1. The van der Waals surface area contributed by atoms with Crippen LogP contribution in [0.3, 0.4) is 0 Å². The van der Waals surface area contributed by atoms with Gasteiger partial charge in [-0.2, -0.15) is 0 Å². The smallest absolute Gasteiger partial charge is 0.322 e. The zero-order chi connectivity index (χ0) is 27.5. The van der Waals surface area contributed by atoms with Gasteiger partial charge >= 0.3 is 6.03 Å². The van der Waals surface area contributed by atoms with Crippen LogP contribution in [-0.2, 0) is 22.6 Å². The molecule has 0 spiro atoms. The molecule has 3 aromatic rings. The van der Waals surface area contributed by atoms with Gasteiger partial charge in [-0.15, -0.1) is 0 Å². The van der Waals surface area contributed by atoms with Crippen molar-refractivity contribution < 1.29 is 23.5 Å². The highest BCUT2D eigenvalue weighted by Gasteiger charge is 2.23. The molecule has 1 saturated heterocycles. The third kappa shape index (κ3) is 8.87. The van der Waals surface area contributed by atoms with Gasteiger partial charge in [0.15, 0.2) is 0 Å². The second kappa shape index (κ2) is 14.4. The van der Waals surface area contributed by atoms with Crippen LogP contribution in [0.25, 0.3) is 0 Å². The fourth-order valence-corrected chi connectivity index (χ4v) is 4.52. The van der Waals surface area contributed by atoms with Gasteiger partial charge in [0.2, 0.25) is 5.91 Å². The number of methoxy groups -OCH3 is 1. The molecule has 1 aromatic heterocycles. The predicted octanol–water partition coefficient (Wildman–Crippen LogP) is 4.38. The number of amides is 3. The summed E-state index contributed by atoms with van der Waals surface area (Å²) in [5.74, 6) is 1.99. The van der Waals surface area contributed by atoms with Crippen LogP contribution in [0.2, 0.25) is 0 Å². The topological polar surface area (TPSA) is 87.5 Å². The first-order chi connectivity index (χ1) is 19.0. The van der Waals surface area contributed by atoms with Crippen LogP contribution < -0.4 is 10.1 Å². The molecule has 1 aliphatic rings. The molecule has 2 heterocycles. The maximum Gasteiger partial charge on any atom is 0.322 e. The molecule has 3 amide bonds. The fraction of sp³-hybridized carbons (Fsp3) is 0.400. The number of rotatable bonds is 12. The second-order valence-electron chi connectivity index (χ2n) is 9.64. The second-order valence-corrected chi connectivity index (χ2v) is 9.64. The summed E-state index contributed by atoms with van der Waals surface area (Å²) < 4.78 is 16.5. The minimum absolute atomic E-state index is 0.0502. The molecule has 1 N–H and O–H groups in total. The van der Waals surface area contributed by atoms with Gasteiger partial charge in [0.1, 0.15) is 23.8 Å². The van der Waals surface area contributed by atoms with Crippen molar-refractivity contribution >= 4 is 17.6 Å². The van der Waals surface area contributed by atoms with E-state index in [1.165, 1.54) is 0 Å². The van der Waals surface area contributed by atoms with Gasteiger partial charge in [-0.05, 0) is 43.2 Å². The van der Waals surface area contributed by atoms with Gasteiger partial charge in [0.25, 0.3) is 0 Å². The lowest BCUT2D eigenvalue weighted by atomic mass is 10.2. The summed E-state index contributed by atoms with van der Waals surface area (Å²) in [6.07, 6.45) is 0.745. The number of anilines is 1. The summed E-state index contributed by atoms with van der Waals surface area (Å²) in [7, 11) is 1.58. The van der Waals surface area contributed by atoms with Crippen molar-refractivity contribution in [1.29, 1.82) is 0 Å². The van der Waals surface area contributed by atoms with Crippen molar-refractivity contribution in [3.8, 4) is 5.75 Å². The van der Waals surface area contributed by atoms with Crippen molar-refractivity contribution in [2.45, 2.75) is 26.4 Å². The molecule has 208 valence electrons. The number of benzene rings is 2. The molecule has 9 heteroatoms. The zero-order valence-corrected chi connectivity index (χ0v) is 22.8. The molecule has 0 saturated carbocycles. The highest BCUT2D eigenvalue weighted by Crippen LogP contribution is 2.18. The molecule has 39 heavy (non-hydrogen) atoms. The Bertz CT molecular complexity index is 1190. The van der Waals surface area contributed by atoms with Crippen LogP contribution in [0.5, 0.6) is 5.75 Å². The van der Waals surface area contributed by atoms with E-state index < -0.39 is 0 Å². The van der Waals surface area contributed by atoms with Crippen LogP contribution in [0, 0.1) is 6.92 Å². The predicted molar refractivity (Wildman–Crippen MR) is 150 cm³/mol. The Balaban J connectivity index is 1.47. The van der Waals surface area contributed by atoms with Gasteiger partial charge in [0, 0.05) is 44.5 Å². The first-order valence-corrected chi connectivity index (χ1v) is 13.4. The van der Waals surface area contributed by atoms with E-state index in [1.807, 2.05) is 61.5 Å². The third-order valence-electron chi connectivity index (χ3n) is 6.65. The lowest BCUT2D eigenvalue weighted by Crippen LogP contribution is -2.45. The van der Waals surface area contributed by atoms with Crippen LogP contribution in [-0.4, -0.2) is 79.7 Å². The van der Waals surface area contributed by atoms with Crippen LogP contribution >= 0.6 is 0 Å². The van der Waals surface area contributed by atoms with Crippen LogP contribution in [0.4, 0.5) is 10.5 Å². The molecule has 0 atom stereocenters. The van der Waals surface area contributed by atoms with Crippen LogP contribution in [0.1, 0.15) is 23.5 Å². The Hall–Kier alpha value is -3.82. The molecule has 0 radical (unpaired) electrons. The van der Waals surface area contributed by atoms with E-state index in [1.54, 1.807) is 29.0 Å². The van der Waals surface area contributed by atoms with E-state index in [0.29, 0.717) is 36.8 Å². The summed E-state index contributed by atoms with van der Waals surface area (Å²) in [6, 6.07) is 20.5. The van der Waals surface area contributed by atoms with E-state index >= 15 is 0 Å². The number of furan rings is 1. The van der Waals surface area contributed by atoms with Gasteiger partial charge in [-0.25, -0.2) is 4.79 Å². The number of ether oxygens (including phenoxy) is 2. The summed E-state index contributed by atoms with van der Waals surface area (Å²) in [5.41, 5.74) is 1.62. The number of nitrogens with zero attached hydrogens (tertiary/aromatic N) is 3. The third-order valence-corrected chi connectivity index (χ3v) is 6.65. The Morgan fingerprint density at radius 1 is 0.974 bits per heavy atom. The Kier molecular flexibility index (Phi) is 10.4. The van der Waals surface area contributed by atoms with Gasteiger partial charge in [-0.3, -0.25) is 9.69 Å². The minimum Gasteiger partial charge on any atom is -0.497 e. The summed E-state index contributed by atoms with van der Waals surface area (Å²) in [4.78, 5) is 32.8. The van der Waals surface area contributed by atoms with E-state index in [0.717, 1.165) is 50.6 Å². The van der Waals surface area contributed by atoms with E-state index in [4.69, 9.17) is 13.9 Å². The number of hydrogen-bond acceptors (Lipinski definition) is 6. The number of hydrogen-bond donors (Lipinski definition) is 1. The number of carbonyl (C=O) groups excluding carboxylic acids is 2. The first kappa shape index (κ1) is 28.2. The molecule has 0 unspecified atom stereocenters. The number of morpholine rings is 1. The van der Waals surface area contributed by atoms with E-state index in [-0.39, 0.29) is 18.5 Å². The lowest BCUT2D eigenvalue weighted by Gasteiger charge is -2.30. The fourth-order valence-electron chi connectivity index (χ4n) is 4.52. The minimum atomic E-state index is -0.327. The van der Waals surface area contributed by atoms with E-state index in [9.17, 15) is 9.59 Å². The van der Waals surface area contributed by atoms with Crippen LogP contribution in [0.15, 0.2) is 71.1 Å². The summed E-state index contributed by atoms with van der Waals surface area (Å²) >= 11 is 0. The molecule has 4 rings (SSSR count). The molecule has 1 fully saturated rings. The molecule has 0 aliphatic carbocycles. The molecule has 1 aliphatic heterocycles. The zero-order valence-electron chi connectivity index (χ0n) is 22.8. The molecule has 2 aromatic carbocycles. The maximum atomic E-state index is 13.7. The normalized spacial score (nSPS) is 13.6. The van der Waals surface area contributed by atoms with Crippen molar-refractivity contribution in [2.24, 2.45) is 0 Å². The molecule has 9 nitrogen and oxygen atoms in total. The SMILES string of the molecule is COc1cccc(NC(=O)N(CCCN2CCOCC2)CC(=O)N(Cc2ccccc2)Cc2ccc(C)o2)c1. The largest absolute Gasteiger partial charge is 0.497 e. The summed E-state index contributed by atoms with van der Waals surface area (Å²) in [5, 5.41) is 2.94. The van der Waals surface area contributed by atoms with Gasteiger partial charge in [0.05, 0.1) is 26.9 Å². The Labute approximate surface area is 230 Å². The lowest BCUT2D eigenvalue weighted by molar-refractivity contribution is -0.133. The quantitative estimate of drug-likeness (QED) is 0.371. The highest BCUT2D eigenvalue weighted by molar-refractivity contribution is 5.92. The number of nitrogens with one attached hydrogen (secondary N) is 1. The first-order valence-electron chi connectivity index (χ1n) is 13.4. The average molecular weight is 535 g/mol. The standard InChI is InChI=1S/C30H38N4O5/c1-24-12-13-28(39-24)22-34(21-25-8-4-3-5-9-25)29(35)23-33(15-7-14-32-16-18-38-19-17-32)30(36)31-26-10-6-11-27(20-26)37-2/h3-6,8-13,20H,7,14-19,21-23H2,1-2H3,(H,31,36). The van der Waals surface area contributed by atoms with E-state index in [2.05, 4.69) is 10.2 Å². The monoisotopic (exact) mass is 534 g/mol. The maximum absolute atomic E-state index is 13.7. The highest BCUT2D eigenvalue weighted by atomic mass is 16.5.